The summed E-state index contributed by atoms with van der Waals surface area (Å²) < 4.78 is 47.8. The van der Waals surface area contributed by atoms with Crippen LogP contribution >= 0.6 is 0 Å². The zero-order chi connectivity index (χ0) is 21.1. The van der Waals surface area contributed by atoms with Gasteiger partial charge in [-0.05, 0) is 44.4 Å². The van der Waals surface area contributed by atoms with Crippen molar-refractivity contribution in [1.82, 2.24) is 5.32 Å². The van der Waals surface area contributed by atoms with E-state index in [2.05, 4.69) is 12.2 Å². The van der Waals surface area contributed by atoms with Crippen LogP contribution in [0.3, 0.4) is 0 Å². The molecule has 2 atom stereocenters. The lowest BCUT2D eigenvalue weighted by atomic mass is 9.96. The maximum Gasteiger partial charge on any atom is 0.238 e. The van der Waals surface area contributed by atoms with Crippen molar-refractivity contribution in [2.75, 3.05) is 24.2 Å². The average Bonchev–Trinajstić information content (AvgIpc) is 2.60. The molecule has 1 aromatic rings. The number of primary sulfonamides is 1. The molecule has 1 heterocycles. The van der Waals surface area contributed by atoms with Crippen LogP contribution in [-0.2, 0) is 24.7 Å². The highest BCUT2D eigenvalue weighted by Crippen LogP contribution is 2.31. The minimum atomic E-state index is -4.02. The molecule has 0 saturated carbocycles. The summed E-state index contributed by atoms with van der Waals surface area (Å²) in [5.41, 5.74) is 0.397. The first-order valence-corrected chi connectivity index (χ1v) is 12.8. The molecule has 2 rings (SSSR count). The molecule has 28 heavy (non-hydrogen) atoms. The van der Waals surface area contributed by atoms with Crippen LogP contribution in [0.25, 0.3) is 0 Å². The number of rotatable bonds is 7. The SMILES string of the molecule is CCCC(C)NC(=O)C1CCCN(c2ccc(S(N)(=O)=O)cc2S(C)(=O)=O)C1. The number of benzene rings is 1. The normalized spacial score (nSPS) is 19.3. The molecule has 1 aliphatic rings. The number of nitrogens with one attached hydrogen (secondary N) is 1. The van der Waals surface area contributed by atoms with Gasteiger partial charge in [-0.2, -0.15) is 0 Å². The van der Waals surface area contributed by atoms with Crippen molar-refractivity contribution in [2.24, 2.45) is 11.1 Å². The third-order valence-corrected chi connectivity index (χ3v) is 6.94. The summed E-state index contributed by atoms with van der Waals surface area (Å²) in [5.74, 6) is -0.286. The maximum atomic E-state index is 12.6. The van der Waals surface area contributed by atoms with Gasteiger partial charge in [0, 0.05) is 25.4 Å². The number of nitrogens with two attached hydrogens (primary N) is 1. The van der Waals surface area contributed by atoms with E-state index in [0.717, 1.165) is 38.0 Å². The predicted octanol–water partition coefficient (Wildman–Crippen LogP) is 1.26. The van der Waals surface area contributed by atoms with Crippen molar-refractivity contribution in [3.8, 4) is 0 Å². The third-order valence-electron chi connectivity index (χ3n) is 4.90. The van der Waals surface area contributed by atoms with E-state index in [0.29, 0.717) is 18.8 Å². The summed E-state index contributed by atoms with van der Waals surface area (Å²) in [7, 11) is -7.72. The van der Waals surface area contributed by atoms with Gasteiger partial charge in [-0.25, -0.2) is 22.0 Å². The average molecular weight is 432 g/mol. The molecule has 3 N–H and O–H groups in total. The summed E-state index contributed by atoms with van der Waals surface area (Å²) >= 11 is 0. The quantitative estimate of drug-likeness (QED) is 0.669. The molecule has 2 unspecified atom stereocenters. The topological polar surface area (TPSA) is 127 Å². The highest BCUT2D eigenvalue weighted by molar-refractivity contribution is 7.91. The molecule has 1 aromatic carbocycles. The molecule has 0 aliphatic carbocycles. The summed E-state index contributed by atoms with van der Waals surface area (Å²) in [6, 6.07) is 3.93. The number of amides is 1. The van der Waals surface area contributed by atoms with Crippen molar-refractivity contribution in [1.29, 1.82) is 0 Å². The molecule has 1 saturated heterocycles. The number of hydrogen-bond acceptors (Lipinski definition) is 6. The third kappa shape index (κ3) is 5.68. The van der Waals surface area contributed by atoms with Crippen molar-refractivity contribution >= 4 is 31.5 Å². The summed E-state index contributed by atoms with van der Waals surface area (Å²) in [6.45, 7) is 4.99. The number of carbonyl (C=O) groups is 1. The van der Waals surface area contributed by atoms with Crippen LogP contribution in [0.5, 0.6) is 0 Å². The standard InChI is InChI=1S/C18H29N3O5S2/c1-4-6-13(2)20-18(22)14-7-5-10-21(12-14)16-9-8-15(28(19,25)26)11-17(16)27(3,23)24/h8-9,11,13-14H,4-7,10,12H2,1-3H3,(H,20,22)(H2,19,25,26). The van der Waals surface area contributed by atoms with E-state index < -0.39 is 19.9 Å². The van der Waals surface area contributed by atoms with Crippen LogP contribution in [0.1, 0.15) is 39.5 Å². The van der Waals surface area contributed by atoms with E-state index in [1.165, 1.54) is 12.1 Å². The second kappa shape index (κ2) is 8.79. The first-order valence-electron chi connectivity index (χ1n) is 9.35. The van der Waals surface area contributed by atoms with Gasteiger partial charge in [-0.1, -0.05) is 13.3 Å². The van der Waals surface area contributed by atoms with Gasteiger partial charge in [0.1, 0.15) is 0 Å². The van der Waals surface area contributed by atoms with E-state index >= 15 is 0 Å². The molecule has 0 bridgehead atoms. The van der Waals surface area contributed by atoms with Gasteiger partial charge >= 0.3 is 0 Å². The van der Waals surface area contributed by atoms with Crippen LogP contribution in [0.4, 0.5) is 5.69 Å². The van der Waals surface area contributed by atoms with Crippen molar-refractivity contribution in [3.63, 3.8) is 0 Å². The summed E-state index contributed by atoms with van der Waals surface area (Å²) in [6.07, 6.45) is 4.37. The Balaban J connectivity index is 2.30. The highest BCUT2D eigenvalue weighted by atomic mass is 32.2. The Labute approximate surface area is 167 Å². The molecule has 1 fully saturated rings. The van der Waals surface area contributed by atoms with Crippen molar-refractivity contribution in [3.05, 3.63) is 18.2 Å². The highest BCUT2D eigenvalue weighted by Gasteiger charge is 2.29. The predicted molar refractivity (Wildman–Crippen MR) is 108 cm³/mol. The Morgan fingerprint density at radius 1 is 1.32 bits per heavy atom. The summed E-state index contributed by atoms with van der Waals surface area (Å²) in [4.78, 5) is 14.1. The number of sulfonamides is 1. The monoisotopic (exact) mass is 431 g/mol. The first-order chi connectivity index (χ1) is 12.9. The van der Waals surface area contributed by atoms with Crippen molar-refractivity contribution in [2.45, 2.75) is 55.4 Å². The Morgan fingerprint density at radius 2 is 2.00 bits per heavy atom. The van der Waals surface area contributed by atoms with Gasteiger partial charge in [0.25, 0.3) is 0 Å². The zero-order valence-corrected chi connectivity index (χ0v) is 18.1. The first kappa shape index (κ1) is 22.6. The largest absolute Gasteiger partial charge is 0.370 e. The fraction of sp³-hybridized carbons (Fsp3) is 0.611. The second-order valence-corrected chi connectivity index (χ2v) is 11.0. The number of sulfone groups is 1. The Bertz CT molecular complexity index is 929. The Kier molecular flexibility index (Phi) is 7.11. The fourth-order valence-corrected chi connectivity index (χ4v) is 5.04. The Hall–Kier alpha value is -1.65. The van der Waals surface area contributed by atoms with Gasteiger partial charge in [0.2, 0.25) is 15.9 Å². The molecule has 1 aliphatic heterocycles. The van der Waals surface area contributed by atoms with Crippen LogP contribution in [0.2, 0.25) is 0 Å². The number of nitrogens with zero attached hydrogens (tertiary/aromatic N) is 1. The van der Waals surface area contributed by atoms with E-state index in [4.69, 9.17) is 5.14 Å². The minimum absolute atomic E-state index is 0.0345. The van der Waals surface area contributed by atoms with Crippen molar-refractivity contribution < 1.29 is 21.6 Å². The van der Waals surface area contributed by atoms with Crippen LogP contribution in [0.15, 0.2) is 28.0 Å². The lowest BCUT2D eigenvalue weighted by Crippen LogP contribution is -2.45. The molecular weight excluding hydrogens is 402 g/mol. The van der Waals surface area contributed by atoms with Crippen LogP contribution < -0.4 is 15.4 Å². The molecule has 1 amide bonds. The van der Waals surface area contributed by atoms with E-state index in [1.807, 2.05) is 11.8 Å². The second-order valence-electron chi connectivity index (χ2n) is 7.43. The molecule has 0 spiro atoms. The maximum absolute atomic E-state index is 12.6. The number of anilines is 1. The minimum Gasteiger partial charge on any atom is -0.370 e. The Morgan fingerprint density at radius 3 is 2.57 bits per heavy atom. The molecule has 0 radical (unpaired) electrons. The smallest absolute Gasteiger partial charge is 0.238 e. The van der Waals surface area contributed by atoms with Gasteiger partial charge in [-0.3, -0.25) is 4.79 Å². The van der Waals surface area contributed by atoms with E-state index in [9.17, 15) is 21.6 Å². The van der Waals surface area contributed by atoms with Crippen LogP contribution in [-0.4, -0.2) is 48.1 Å². The van der Waals surface area contributed by atoms with Gasteiger partial charge < -0.3 is 10.2 Å². The van der Waals surface area contributed by atoms with Gasteiger partial charge in [0.15, 0.2) is 9.84 Å². The molecule has 158 valence electrons. The summed E-state index contributed by atoms with van der Waals surface area (Å²) in [5, 5.41) is 8.16. The lowest BCUT2D eigenvalue weighted by molar-refractivity contribution is -0.125. The molecule has 10 heteroatoms. The van der Waals surface area contributed by atoms with Gasteiger partial charge in [0.05, 0.1) is 21.4 Å². The number of carbonyl (C=O) groups excluding carboxylic acids is 1. The zero-order valence-electron chi connectivity index (χ0n) is 16.5. The molecule has 8 nitrogen and oxygen atoms in total. The fourth-order valence-electron chi connectivity index (χ4n) is 3.51. The van der Waals surface area contributed by atoms with E-state index in [1.54, 1.807) is 0 Å². The number of hydrogen-bond donors (Lipinski definition) is 2. The molecular formula is C18H29N3O5S2. The van der Waals surface area contributed by atoms with E-state index in [-0.39, 0.29) is 27.7 Å². The lowest BCUT2D eigenvalue weighted by Gasteiger charge is -2.35. The number of piperidine rings is 1. The molecule has 0 aromatic heterocycles. The van der Waals surface area contributed by atoms with Gasteiger partial charge in [-0.15, -0.1) is 0 Å². The van der Waals surface area contributed by atoms with Crippen LogP contribution in [0, 0.1) is 5.92 Å².